The predicted octanol–water partition coefficient (Wildman–Crippen LogP) is 1.57. The summed E-state index contributed by atoms with van der Waals surface area (Å²) in [5, 5.41) is 15.9. The summed E-state index contributed by atoms with van der Waals surface area (Å²) in [6.45, 7) is 1.87. The van der Waals surface area contributed by atoms with Crippen LogP contribution in [0.15, 0.2) is 18.2 Å². The van der Waals surface area contributed by atoms with Crippen LogP contribution >= 0.6 is 0 Å². The highest BCUT2D eigenvalue weighted by Gasteiger charge is 2.13. The number of benzene rings is 1. The Hall–Kier alpha value is -1.84. The van der Waals surface area contributed by atoms with E-state index in [1.165, 1.54) is 0 Å². The molecule has 0 saturated heterocycles. The first-order valence-electron chi connectivity index (χ1n) is 3.87. The third-order valence-electron chi connectivity index (χ3n) is 2.00. The van der Waals surface area contributed by atoms with Crippen LogP contribution in [0, 0.1) is 6.92 Å². The Kier molecular flexibility index (Phi) is 1.55. The molecular weight excluding hydrogens is 168 g/mol. The zero-order chi connectivity index (χ0) is 9.42. The zero-order valence-electron chi connectivity index (χ0n) is 7.03. The summed E-state index contributed by atoms with van der Waals surface area (Å²) in [6, 6.07) is 5.54. The summed E-state index contributed by atoms with van der Waals surface area (Å²) in [5.74, 6) is -0.999. The molecule has 0 atom stereocenters. The molecule has 0 unspecified atom stereocenters. The van der Waals surface area contributed by atoms with Crippen LogP contribution in [0.5, 0.6) is 0 Å². The van der Waals surface area contributed by atoms with Gasteiger partial charge in [-0.25, -0.2) is 4.79 Å². The van der Waals surface area contributed by atoms with Gasteiger partial charge in [-0.15, -0.1) is 0 Å². The van der Waals surface area contributed by atoms with Gasteiger partial charge in [0, 0.05) is 5.39 Å². The number of carboxylic acids is 1. The largest absolute Gasteiger partial charge is 0.476 e. The summed E-state index contributed by atoms with van der Waals surface area (Å²) in [7, 11) is 0. The summed E-state index contributed by atoms with van der Waals surface area (Å²) < 4.78 is 0. The first-order valence-corrected chi connectivity index (χ1v) is 3.87. The van der Waals surface area contributed by atoms with Crippen LogP contribution in [0.1, 0.15) is 16.1 Å². The van der Waals surface area contributed by atoms with Crippen LogP contribution in [0.2, 0.25) is 0 Å². The van der Waals surface area contributed by atoms with Crippen LogP contribution in [0.3, 0.4) is 0 Å². The Balaban J connectivity index is 2.86. The molecule has 0 saturated carbocycles. The molecule has 4 nitrogen and oxygen atoms in total. The van der Waals surface area contributed by atoms with Gasteiger partial charge in [0.15, 0.2) is 5.69 Å². The van der Waals surface area contributed by atoms with E-state index in [-0.39, 0.29) is 5.69 Å². The summed E-state index contributed by atoms with van der Waals surface area (Å²) in [5.41, 5.74) is 1.77. The lowest BCUT2D eigenvalue weighted by Gasteiger charge is -1.94. The lowest BCUT2D eigenvalue weighted by atomic mass is 10.1. The first kappa shape index (κ1) is 7.79. The van der Waals surface area contributed by atoms with Gasteiger partial charge < -0.3 is 5.11 Å². The van der Waals surface area contributed by atoms with Crippen molar-refractivity contribution >= 4 is 16.9 Å². The molecule has 0 spiro atoms. The number of H-pyrrole nitrogens is 1. The molecule has 4 heteroatoms. The highest BCUT2D eigenvalue weighted by Crippen LogP contribution is 2.19. The molecule has 2 aromatic rings. The van der Waals surface area contributed by atoms with Crippen LogP contribution in [-0.4, -0.2) is 21.3 Å². The molecule has 0 aliphatic rings. The maximum Gasteiger partial charge on any atom is 0.357 e. The third kappa shape index (κ3) is 1.07. The van der Waals surface area contributed by atoms with Gasteiger partial charge >= 0.3 is 5.97 Å². The van der Waals surface area contributed by atoms with Crippen molar-refractivity contribution in [2.75, 3.05) is 0 Å². The van der Waals surface area contributed by atoms with E-state index in [2.05, 4.69) is 10.2 Å². The van der Waals surface area contributed by atoms with Crippen molar-refractivity contribution in [2.45, 2.75) is 6.92 Å². The second-order valence-corrected chi connectivity index (χ2v) is 2.87. The minimum absolute atomic E-state index is 0.0908. The Labute approximate surface area is 74.2 Å². The van der Waals surface area contributed by atoms with Gasteiger partial charge in [0.25, 0.3) is 0 Å². The number of carbonyl (C=O) groups is 1. The number of aromatic amines is 1. The SMILES string of the molecule is Cc1cccc2[nH]nc(C(=O)O)c12. The number of aromatic carboxylic acids is 1. The van der Waals surface area contributed by atoms with E-state index in [0.717, 1.165) is 11.1 Å². The van der Waals surface area contributed by atoms with E-state index in [0.29, 0.717) is 5.39 Å². The van der Waals surface area contributed by atoms with E-state index in [4.69, 9.17) is 5.11 Å². The smallest absolute Gasteiger partial charge is 0.357 e. The van der Waals surface area contributed by atoms with Crippen LogP contribution < -0.4 is 0 Å². The lowest BCUT2D eigenvalue weighted by molar-refractivity contribution is 0.0692. The molecule has 66 valence electrons. The fraction of sp³-hybridized carbons (Fsp3) is 0.111. The van der Waals surface area contributed by atoms with E-state index in [1.807, 2.05) is 25.1 Å². The van der Waals surface area contributed by atoms with Gasteiger partial charge in [0.2, 0.25) is 0 Å². The standard InChI is InChI=1S/C9H8N2O2/c1-5-3-2-4-6-7(5)8(9(12)13)11-10-6/h2-4H,1H3,(H,10,11)(H,12,13). The number of nitrogens with one attached hydrogen (secondary N) is 1. The molecule has 1 heterocycles. The van der Waals surface area contributed by atoms with Crippen molar-refractivity contribution < 1.29 is 9.90 Å². The Morgan fingerprint density at radius 2 is 2.31 bits per heavy atom. The highest BCUT2D eigenvalue weighted by molar-refractivity contribution is 6.02. The van der Waals surface area contributed by atoms with Gasteiger partial charge in [-0.2, -0.15) is 5.10 Å². The van der Waals surface area contributed by atoms with Crippen LogP contribution in [0.4, 0.5) is 0 Å². The third-order valence-corrected chi connectivity index (χ3v) is 2.00. The van der Waals surface area contributed by atoms with Crippen molar-refractivity contribution in [3.05, 3.63) is 29.5 Å². The molecule has 1 aromatic heterocycles. The zero-order valence-corrected chi connectivity index (χ0v) is 7.03. The summed E-state index contributed by atoms with van der Waals surface area (Å²) >= 11 is 0. The van der Waals surface area contributed by atoms with Crippen molar-refractivity contribution in [3.8, 4) is 0 Å². The number of hydrogen-bond donors (Lipinski definition) is 2. The van der Waals surface area contributed by atoms with Gasteiger partial charge in [0.1, 0.15) is 0 Å². The number of rotatable bonds is 1. The summed E-state index contributed by atoms with van der Waals surface area (Å²) in [4.78, 5) is 10.7. The van der Waals surface area contributed by atoms with E-state index in [1.54, 1.807) is 0 Å². The molecule has 0 fully saturated rings. The average molecular weight is 176 g/mol. The summed E-state index contributed by atoms with van der Waals surface area (Å²) in [6.07, 6.45) is 0. The molecule has 0 amide bonds. The second-order valence-electron chi connectivity index (χ2n) is 2.87. The number of carboxylic acid groups (broad SMARTS) is 1. The molecule has 2 rings (SSSR count). The topological polar surface area (TPSA) is 66.0 Å². The van der Waals surface area contributed by atoms with E-state index < -0.39 is 5.97 Å². The molecule has 0 aliphatic carbocycles. The second kappa shape index (κ2) is 2.58. The molecule has 2 N–H and O–H groups in total. The minimum atomic E-state index is -0.999. The molecular formula is C9H8N2O2. The van der Waals surface area contributed by atoms with Crippen molar-refractivity contribution in [2.24, 2.45) is 0 Å². The van der Waals surface area contributed by atoms with Gasteiger partial charge in [-0.3, -0.25) is 5.10 Å². The number of hydrogen-bond acceptors (Lipinski definition) is 2. The Bertz CT molecular complexity index is 473. The monoisotopic (exact) mass is 176 g/mol. The normalized spacial score (nSPS) is 10.5. The highest BCUT2D eigenvalue weighted by atomic mass is 16.4. The van der Waals surface area contributed by atoms with E-state index >= 15 is 0 Å². The van der Waals surface area contributed by atoms with Gasteiger partial charge in [0.05, 0.1) is 5.52 Å². The fourth-order valence-corrected chi connectivity index (χ4v) is 1.40. The fourth-order valence-electron chi connectivity index (χ4n) is 1.40. The quantitative estimate of drug-likeness (QED) is 0.693. The van der Waals surface area contributed by atoms with Crippen LogP contribution in [0.25, 0.3) is 10.9 Å². The Morgan fingerprint density at radius 3 is 3.00 bits per heavy atom. The number of aromatic nitrogens is 2. The first-order chi connectivity index (χ1) is 6.20. The van der Waals surface area contributed by atoms with Crippen molar-refractivity contribution in [1.29, 1.82) is 0 Å². The Morgan fingerprint density at radius 1 is 1.54 bits per heavy atom. The predicted molar refractivity (Wildman–Crippen MR) is 47.8 cm³/mol. The van der Waals surface area contributed by atoms with Crippen molar-refractivity contribution in [1.82, 2.24) is 10.2 Å². The maximum atomic E-state index is 10.7. The molecule has 13 heavy (non-hydrogen) atoms. The van der Waals surface area contributed by atoms with E-state index in [9.17, 15) is 4.79 Å². The molecule has 0 radical (unpaired) electrons. The number of fused-ring (bicyclic) bond motifs is 1. The number of aryl methyl sites for hydroxylation is 1. The lowest BCUT2D eigenvalue weighted by Crippen LogP contribution is -1.97. The molecule has 0 bridgehead atoms. The molecule has 1 aromatic carbocycles. The van der Waals surface area contributed by atoms with Gasteiger partial charge in [-0.1, -0.05) is 12.1 Å². The van der Waals surface area contributed by atoms with Crippen molar-refractivity contribution in [3.63, 3.8) is 0 Å². The molecule has 0 aliphatic heterocycles. The number of nitrogens with zero attached hydrogens (tertiary/aromatic N) is 1. The maximum absolute atomic E-state index is 10.7. The minimum Gasteiger partial charge on any atom is -0.476 e. The van der Waals surface area contributed by atoms with Gasteiger partial charge in [-0.05, 0) is 18.6 Å². The van der Waals surface area contributed by atoms with Crippen LogP contribution in [-0.2, 0) is 0 Å². The average Bonchev–Trinajstić information content (AvgIpc) is 2.49.